The predicted octanol–water partition coefficient (Wildman–Crippen LogP) is 3.89. The monoisotopic (exact) mass is 448 g/mol. The van der Waals surface area contributed by atoms with Gasteiger partial charge in [-0.3, -0.25) is 19.8 Å². The number of carbonyl (C=O) groups is 2. The molecule has 1 unspecified atom stereocenters. The quantitative estimate of drug-likeness (QED) is 0.548. The van der Waals surface area contributed by atoms with Crippen LogP contribution < -0.4 is 10.6 Å². The Morgan fingerprint density at radius 2 is 1.84 bits per heavy atom. The van der Waals surface area contributed by atoms with Crippen LogP contribution in [-0.2, 0) is 24.2 Å². The van der Waals surface area contributed by atoms with Crippen molar-refractivity contribution in [2.24, 2.45) is 0 Å². The van der Waals surface area contributed by atoms with Crippen LogP contribution in [0.2, 0.25) is 0 Å². The maximum atomic E-state index is 12.5. The average molecular weight is 449 g/mol. The fraction of sp³-hybridized carbons (Fsp3) is 0.320. The Balaban J connectivity index is 1.26. The Morgan fingerprint density at radius 3 is 2.62 bits per heavy atom. The number of thiazole rings is 1. The average Bonchev–Trinajstić information content (AvgIpc) is 3.26. The van der Waals surface area contributed by atoms with E-state index >= 15 is 0 Å². The molecular weight excluding hydrogens is 420 g/mol. The van der Waals surface area contributed by atoms with Crippen LogP contribution in [0.1, 0.15) is 40.5 Å². The van der Waals surface area contributed by atoms with Crippen molar-refractivity contribution in [3.05, 3.63) is 82.4 Å². The third-order valence-electron chi connectivity index (χ3n) is 5.83. The molecule has 0 saturated carbocycles. The predicted molar refractivity (Wildman–Crippen MR) is 128 cm³/mol. The number of benzene rings is 2. The van der Waals surface area contributed by atoms with Crippen LogP contribution in [0.5, 0.6) is 0 Å². The molecular formula is C25H28N4O2S. The van der Waals surface area contributed by atoms with Crippen molar-refractivity contribution in [1.29, 1.82) is 0 Å². The molecule has 0 bridgehead atoms. The van der Waals surface area contributed by atoms with Crippen LogP contribution in [0.3, 0.4) is 0 Å². The van der Waals surface area contributed by atoms with E-state index in [2.05, 4.69) is 51.7 Å². The number of hydrogen-bond acceptors (Lipinski definition) is 5. The Hall–Kier alpha value is -3.03. The highest BCUT2D eigenvalue weighted by Crippen LogP contribution is 2.21. The summed E-state index contributed by atoms with van der Waals surface area (Å²) in [4.78, 5) is 31.6. The van der Waals surface area contributed by atoms with E-state index < -0.39 is 0 Å². The standard InChI is InChI=1S/C25H28N4O2S/c1-2-22(29-13-12-18-8-6-7-11-20(18)16-29)15-26-23(30)14-21-17-32-25(27-21)28-24(31)19-9-4-3-5-10-19/h3-11,17,22H,2,12-16H2,1H3,(H,26,30)(H,27,28,31). The first-order valence-corrected chi connectivity index (χ1v) is 11.9. The number of nitrogens with one attached hydrogen (secondary N) is 2. The molecule has 2 amide bonds. The number of amides is 2. The summed E-state index contributed by atoms with van der Waals surface area (Å²) in [5, 5.41) is 8.19. The first kappa shape index (κ1) is 22.2. The summed E-state index contributed by atoms with van der Waals surface area (Å²) < 4.78 is 0. The second-order valence-corrected chi connectivity index (χ2v) is 8.85. The van der Waals surface area contributed by atoms with Crippen LogP contribution in [0.25, 0.3) is 0 Å². The Labute approximate surface area is 192 Å². The van der Waals surface area contributed by atoms with E-state index in [9.17, 15) is 9.59 Å². The Kier molecular flexibility index (Phi) is 7.29. The molecule has 0 saturated heterocycles. The van der Waals surface area contributed by atoms with Gasteiger partial charge in [0, 0.05) is 36.6 Å². The number of fused-ring (bicyclic) bond motifs is 1. The van der Waals surface area contributed by atoms with Gasteiger partial charge in [-0.05, 0) is 36.1 Å². The summed E-state index contributed by atoms with van der Waals surface area (Å²) in [7, 11) is 0. The van der Waals surface area contributed by atoms with Gasteiger partial charge >= 0.3 is 0 Å². The lowest BCUT2D eigenvalue weighted by atomic mass is 9.98. The molecule has 6 nitrogen and oxygen atoms in total. The molecule has 166 valence electrons. The van der Waals surface area contributed by atoms with Gasteiger partial charge < -0.3 is 5.32 Å². The molecule has 32 heavy (non-hydrogen) atoms. The molecule has 1 atom stereocenters. The van der Waals surface area contributed by atoms with Crippen LogP contribution >= 0.6 is 11.3 Å². The lowest BCUT2D eigenvalue weighted by Gasteiger charge is -2.35. The molecule has 3 aromatic rings. The largest absolute Gasteiger partial charge is 0.354 e. The maximum Gasteiger partial charge on any atom is 0.257 e. The third-order valence-corrected chi connectivity index (χ3v) is 6.64. The molecule has 1 aliphatic heterocycles. The van der Waals surface area contributed by atoms with Crippen LogP contribution in [0.4, 0.5) is 5.13 Å². The fourth-order valence-electron chi connectivity index (χ4n) is 4.02. The van der Waals surface area contributed by atoms with Gasteiger partial charge in [-0.1, -0.05) is 49.4 Å². The second kappa shape index (κ2) is 10.5. The topological polar surface area (TPSA) is 74.3 Å². The van der Waals surface area contributed by atoms with E-state index in [1.165, 1.54) is 22.5 Å². The number of hydrogen-bond donors (Lipinski definition) is 2. The van der Waals surface area contributed by atoms with Crippen LogP contribution in [0, 0.1) is 0 Å². The SMILES string of the molecule is CCC(CNC(=O)Cc1csc(NC(=O)c2ccccc2)n1)N1CCc2ccccc2C1. The van der Waals surface area contributed by atoms with E-state index in [1.54, 1.807) is 12.1 Å². The minimum atomic E-state index is -0.204. The number of carbonyl (C=O) groups excluding carboxylic acids is 2. The summed E-state index contributed by atoms with van der Waals surface area (Å²) in [6.45, 7) is 4.74. The number of anilines is 1. The maximum absolute atomic E-state index is 12.5. The Morgan fingerprint density at radius 1 is 1.09 bits per heavy atom. The number of aromatic nitrogens is 1. The van der Waals surface area contributed by atoms with Gasteiger partial charge in [-0.15, -0.1) is 11.3 Å². The molecule has 1 aliphatic rings. The van der Waals surface area contributed by atoms with Crippen molar-refractivity contribution in [2.45, 2.75) is 38.8 Å². The summed E-state index contributed by atoms with van der Waals surface area (Å²) in [6.07, 6.45) is 2.24. The molecule has 2 aromatic carbocycles. The van der Waals surface area contributed by atoms with Crippen LogP contribution in [0.15, 0.2) is 60.0 Å². The van der Waals surface area contributed by atoms with E-state index in [0.717, 1.165) is 25.9 Å². The highest BCUT2D eigenvalue weighted by molar-refractivity contribution is 7.14. The molecule has 0 fully saturated rings. The zero-order valence-corrected chi connectivity index (χ0v) is 19.0. The second-order valence-electron chi connectivity index (χ2n) is 8.00. The van der Waals surface area contributed by atoms with E-state index in [-0.39, 0.29) is 18.2 Å². The molecule has 7 heteroatoms. The van der Waals surface area contributed by atoms with Crippen molar-refractivity contribution >= 4 is 28.3 Å². The van der Waals surface area contributed by atoms with E-state index in [4.69, 9.17) is 0 Å². The van der Waals surface area contributed by atoms with Gasteiger partial charge in [-0.2, -0.15) is 0 Å². The molecule has 1 aromatic heterocycles. The first-order valence-electron chi connectivity index (χ1n) is 11.0. The molecule has 4 rings (SSSR count). The summed E-state index contributed by atoms with van der Waals surface area (Å²) >= 11 is 1.33. The molecule has 0 radical (unpaired) electrons. The molecule has 0 aliphatic carbocycles. The van der Waals surface area contributed by atoms with Crippen molar-refractivity contribution in [1.82, 2.24) is 15.2 Å². The van der Waals surface area contributed by atoms with Gasteiger partial charge in [0.1, 0.15) is 0 Å². The van der Waals surface area contributed by atoms with Crippen molar-refractivity contribution in [2.75, 3.05) is 18.4 Å². The highest BCUT2D eigenvalue weighted by Gasteiger charge is 2.22. The van der Waals surface area contributed by atoms with Crippen molar-refractivity contribution in [3.63, 3.8) is 0 Å². The van der Waals surface area contributed by atoms with Crippen LogP contribution in [-0.4, -0.2) is 40.8 Å². The lowest BCUT2D eigenvalue weighted by molar-refractivity contribution is -0.120. The molecule has 2 heterocycles. The van der Waals surface area contributed by atoms with Gasteiger partial charge in [0.2, 0.25) is 5.91 Å². The van der Waals surface area contributed by atoms with Gasteiger partial charge in [-0.25, -0.2) is 4.98 Å². The summed E-state index contributed by atoms with van der Waals surface area (Å²) in [5.74, 6) is -0.253. The zero-order valence-electron chi connectivity index (χ0n) is 18.2. The van der Waals surface area contributed by atoms with Gasteiger partial charge in [0.25, 0.3) is 5.91 Å². The van der Waals surface area contributed by atoms with Gasteiger partial charge in [0.15, 0.2) is 5.13 Å². The summed E-state index contributed by atoms with van der Waals surface area (Å²) in [6, 6.07) is 17.9. The summed E-state index contributed by atoms with van der Waals surface area (Å²) in [5.41, 5.74) is 4.06. The highest BCUT2D eigenvalue weighted by atomic mass is 32.1. The minimum Gasteiger partial charge on any atom is -0.354 e. The van der Waals surface area contributed by atoms with E-state index in [0.29, 0.717) is 29.0 Å². The zero-order chi connectivity index (χ0) is 22.3. The number of nitrogens with zero attached hydrogens (tertiary/aromatic N) is 2. The number of rotatable bonds is 8. The van der Waals surface area contributed by atoms with Gasteiger partial charge in [0.05, 0.1) is 12.1 Å². The normalized spacial score (nSPS) is 14.4. The smallest absolute Gasteiger partial charge is 0.257 e. The van der Waals surface area contributed by atoms with Crippen molar-refractivity contribution in [3.8, 4) is 0 Å². The Bertz CT molecular complexity index is 1070. The fourth-order valence-corrected chi connectivity index (χ4v) is 4.73. The first-order chi connectivity index (χ1) is 15.6. The van der Waals surface area contributed by atoms with Crippen molar-refractivity contribution < 1.29 is 9.59 Å². The molecule has 2 N–H and O–H groups in total. The van der Waals surface area contributed by atoms with E-state index in [1.807, 2.05) is 23.6 Å². The minimum absolute atomic E-state index is 0.0490. The molecule has 0 spiro atoms. The lowest BCUT2D eigenvalue weighted by Crippen LogP contribution is -2.46. The third kappa shape index (κ3) is 5.60.